The average molecular weight is 823 g/mol. The first-order valence-corrected chi connectivity index (χ1v) is 23.4. The third-order valence-corrected chi connectivity index (χ3v) is 15.9. The molecule has 6 heteroatoms. The summed E-state index contributed by atoms with van der Waals surface area (Å²) in [4.78, 5) is 24.5. The van der Waals surface area contributed by atoms with Crippen LogP contribution in [-0.2, 0) is 20.7 Å². The number of carbonyl (C=O) groups is 2. The van der Waals surface area contributed by atoms with Crippen LogP contribution >= 0.6 is 0 Å². The highest BCUT2D eigenvalue weighted by atomic mass is 16.6. The van der Waals surface area contributed by atoms with Gasteiger partial charge in [0.2, 0.25) is 0 Å². The van der Waals surface area contributed by atoms with Gasteiger partial charge in [0, 0.05) is 12.0 Å². The molecule has 0 amide bonds. The predicted octanol–water partition coefficient (Wildman–Crippen LogP) is 13.7. The molecule has 0 aromatic heterocycles. The minimum absolute atomic E-state index is 0.0455. The number of rotatable bonds is 9. The van der Waals surface area contributed by atoms with E-state index in [4.69, 9.17) is 14.6 Å². The molecule has 4 fully saturated rings. The third-order valence-electron chi connectivity index (χ3n) is 15.9. The van der Waals surface area contributed by atoms with Crippen LogP contribution in [0.1, 0.15) is 168 Å². The number of carbonyl (C=O) groups excluding carboxylic acids is 2. The Bertz CT molecular complexity index is 1870. The predicted molar refractivity (Wildman–Crippen MR) is 244 cm³/mol. The monoisotopic (exact) mass is 823 g/mol. The summed E-state index contributed by atoms with van der Waals surface area (Å²) in [6.45, 7) is 24.9. The van der Waals surface area contributed by atoms with Crippen molar-refractivity contribution in [1.82, 2.24) is 0 Å². The fourth-order valence-electron chi connectivity index (χ4n) is 11.0. The van der Waals surface area contributed by atoms with E-state index in [0.717, 1.165) is 72.7 Å². The molecule has 3 aromatic rings. The number of aromatic hydroxyl groups is 2. The molecule has 0 heterocycles. The van der Waals surface area contributed by atoms with Gasteiger partial charge in [0.15, 0.2) is 0 Å². The zero-order valence-corrected chi connectivity index (χ0v) is 39.1. The van der Waals surface area contributed by atoms with Gasteiger partial charge in [-0.15, -0.1) is 0 Å². The first kappa shape index (κ1) is 47.3. The van der Waals surface area contributed by atoms with Gasteiger partial charge in [0.25, 0.3) is 0 Å². The lowest BCUT2D eigenvalue weighted by Gasteiger charge is -2.46. The van der Waals surface area contributed by atoms with Crippen molar-refractivity contribution in [3.8, 4) is 17.2 Å². The Kier molecular flexibility index (Phi) is 15.4. The number of aryl methyl sites for hydroxylation is 1. The molecule has 0 aliphatic heterocycles. The maximum atomic E-state index is 12.7. The molecule has 5 aliphatic carbocycles. The Hall–Kier alpha value is -3.80. The van der Waals surface area contributed by atoms with Gasteiger partial charge in [-0.2, -0.15) is 0 Å². The second kappa shape index (κ2) is 19.5. The minimum atomic E-state index is -0.501. The van der Waals surface area contributed by atoms with Crippen molar-refractivity contribution in [3.05, 3.63) is 89.0 Å². The zero-order chi connectivity index (χ0) is 44.2. The van der Waals surface area contributed by atoms with Crippen LogP contribution in [0.25, 0.3) is 0 Å². The van der Waals surface area contributed by atoms with Crippen molar-refractivity contribution in [3.63, 3.8) is 0 Å². The fourth-order valence-corrected chi connectivity index (χ4v) is 11.0. The largest absolute Gasteiger partial charge is 0.508 e. The normalized spacial score (nSPS) is 28.5. The molecule has 10 atom stereocenters. The van der Waals surface area contributed by atoms with Crippen LogP contribution < -0.4 is 4.74 Å². The summed E-state index contributed by atoms with van der Waals surface area (Å²) >= 11 is 0. The van der Waals surface area contributed by atoms with E-state index in [1.165, 1.54) is 43.7 Å². The van der Waals surface area contributed by atoms with Crippen molar-refractivity contribution >= 4 is 11.9 Å². The summed E-state index contributed by atoms with van der Waals surface area (Å²) < 4.78 is 11.5. The first-order valence-electron chi connectivity index (χ1n) is 23.4. The Morgan fingerprint density at radius 2 is 1.40 bits per heavy atom. The lowest BCUT2D eigenvalue weighted by molar-refractivity contribution is -0.183. The molecular weight excluding hydrogens is 745 g/mol. The molecule has 60 heavy (non-hydrogen) atoms. The van der Waals surface area contributed by atoms with E-state index in [2.05, 4.69) is 65.8 Å². The molecule has 0 radical (unpaired) electrons. The van der Waals surface area contributed by atoms with Crippen LogP contribution in [0.4, 0.5) is 0 Å². The molecule has 3 aromatic carbocycles. The SMILES string of the molecule is CC1Cc2ccccc2C1C.CCC(C)(C)C(=O)OC1(CC)CC2CC1C1C3CCC(C3)C21.CCC(C)(C)C(=O)Oc1cc(C)cc(O)c1.CCC(C)c1ccc(O)cc1. The standard InChI is InChI=1S/C20H32O2.C13H18O3.C11H14.C10H14O/c1-5-19(3,4)18(21)22-20(6-2)11-14-10-15(20)17-13-8-7-12(9-13)16(14)17;1-5-13(3,4)12(15)16-11-7-9(2)6-10(14)8-11;1-8-7-10-5-3-4-6-11(10)9(8)2;1-3-8(2)9-4-6-10(11)7-5-9/h12-17H,5-11H2,1-4H3;6-8,14H,5H2,1-4H3;3-6,8-9H,7H2,1-2H3;4-8,11H,3H2,1-2H3. The first-order chi connectivity index (χ1) is 28.3. The summed E-state index contributed by atoms with van der Waals surface area (Å²) in [6, 6.07) is 21.0. The van der Waals surface area contributed by atoms with Gasteiger partial charge in [-0.25, -0.2) is 0 Å². The Morgan fingerprint density at radius 3 is 1.98 bits per heavy atom. The van der Waals surface area contributed by atoms with E-state index in [1.807, 2.05) is 53.7 Å². The highest BCUT2D eigenvalue weighted by Gasteiger charge is 2.68. The summed E-state index contributed by atoms with van der Waals surface area (Å²) in [5.41, 5.74) is 4.33. The van der Waals surface area contributed by atoms with Gasteiger partial charge in [-0.3, -0.25) is 9.59 Å². The Morgan fingerprint density at radius 1 is 0.783 bits per heavy atom. The van der Waals surface area contributed by atoms with Crippen LogP contribution in [-0.4, -0.2) is 27.8 Å². The van der Waals surface area contributed by atoms with E-state index in [9.17, 15) is 14.7 Å². The molecule has 10 unspecified atom stereocenters. The van der Waals surface area contributed by atoms with Crippen molar-refractivity contribution in [1.29, 1.82) is 0 Å². The fraction of sp³-hybridized carbons (Fsp3) is 0.630. The quantitative estimate of drug-likeness (QED) is 0.127. The van der Waals surface area contributed by atoms with Crippen LogP contribution in [0, 0.1) is 59.2 Å². The van der Waals surface area contributed by atoms with Crippen LogP contribution in [0.2, 0.25) is 0 Å². The number of esters is 2. The number of phenolic OH excluding ortho intramolecular Hbond substituents is 2. The van der Waals surface area contributed by atoms with Crippen LogP contribution in [0.5, 0.6) is 17.2 Å². The maximum absolute atomic E-state index is 12.7. The van der Waals surface area contributed by atoms with Gasteiger partial charge in [0.1, 0.15) is 22.8 Å². The van der Waals surface area contributed by atoms with Gasteiger partial charge in [0.05, 0.1) is 10.8 Å². The highest BCUT2D eigenvalue weighted by molar-refractivity contribution is 5.78. The molecule has 330 valence electrons. The van der Waals surface area contributed by atoms with Gasteiger partial charge >= 0.3 is 11.9 Å². The molecule has 8 rings (SSSR count). The van der Waals surface area contributed by atoms with Gasteiger partial charge in [-0.05, 0) is 193 Å². The number of ether oxygens (including phenoxy) is 2. The maximum Gasteiger partial charge on any atom is 0.316 e. The van der Waals surface area contributed by atoms with Crippen molar-refractivity contribution in [2.75, 3.05) is 0 Å². The van der Waals surface area contributed by atoms with Gasteiger partial charge in [-0.1, -0.05) is 84.9 Å². The summed E-state index contributed by atoms with van der Waals surface area (Å²) in [5, 5.41) is 18.4. The molecule has 0 saturated heterocycles. The zero-order valence-electron chi connectivity index (χ0n) is 39.1. The van der Waals surface area contributed by atoms with E-state index in [-0.39, 0.29) is 28.7 Å². The number of hydrogen-bond donors (Lipinski definition) is 2. The summed E-state index contributed by atoms with van der Waals surface area (Å²) in [5.74, 6) is 8.17. The number of fused-ring (bicyclic) bond motifs is 10. The topological polar surface area (TPSA) is 93.1 Å². The lowest BCUT2D eigenvalue weighted by atomic mass is 9.65. The lowest BCUT2D eigenvalue weighted by Crippen LogP contribution is -2.49. The highest BCUT2D eigenvalue weighted by Crippen LogP contribution is 2.71. The number of hydrogen-bond acceptors (Lipinski definition) is 6. The average Bonchev–Trinajstić information content (AvgIpc) is 4.06. The smallest absolute Gasteiger partial charge is 0.316 e. The molecule has 6 nitrogen and oxygen atoms in total. The number of benzene rings is 3. The molecule has 2 N–H and O–H groups in total. The van der Waals surface area contributed by atoms with E-state index in [1.54, 1.807) is 35.4 Å². The molecule has 5 aliphatic rings. The summed E-state index contributed by atoms with van der Waals surface area (Å²) in [7, 11) is 0. The van der Waals surface area contributed by atoms with Crippen molar-refractivity contribution in [2.45, 2.75) is 165 Å². The van der Waals surface area contributed by atoms with Crippen LogP contribution in [0.3, 0.4) is 0 Å². The third kappa shape index (κ3) is 10.4. The van der Waals surface area contributed by atoms with Gasteiger partial charge < -0.3 is 19.7 Å². The summed E-state index contributed by atoms with van der Waals surface area (Å²) in [6.07, 6.45) is 11.9. The molecular formula is C54H78O6. The molecule has 4 bridgehead atoms. The second-order valence-electron chi connectivity index (χ2n) is 20.5. The Labute approximate surface area is 363 Å². The van der Waals surface area contributed by atoms with E-state index < -0.39 is 5.41 Å². The second-order valence-corrected chi connectivity index (χ2v) is 20.5. The van der Waals surface area contributed by atoms with Crippen LogP contribution in [0.15, 0.2) is 66.7 Å². The van der Waals surface area contributed by atoms with E-state index in [0.29, 0.717) is 29.8 Å². The van der Waals surface area contributed by atoms with Crippen molar-refractivity contribution < 1.29 is 29.3 Å². The van der Waals surface area contributed by atoms with E-state index >= 15 is 0 Å². The number of phenols is 2. The Balaban J connectivity index is 0.000000159. The minimum Gasteiger partial charge on any atom is -0.508 e. The molecule has 4 saturated carbocycles. The molecule has 0 spiro atoms. The van der Waals surface area contributed by atoms with Crippen molar-refractivity contribution in [2.24, 2.45) is 52.3 Å².